The lowest BCUT2D eigenvalue weighted by Crippen LogP contribution is -2.31. The van der Waals surface area contributed by atoms with Crippen LogP contribution in [0.3, 0.4) is 0 Å². The lowest BCUT2D eigenvalue weighted by atomic mass is 10.5. The van der Waals surface area contributed by atoms with Gasteiger partial charge in [-0.15, -0.1) is 0 Å². The van der Waals surface area contributed by atoms with Gasteiger partial charge >= 0.3 is 0 Å². The Morgan fingerprint density at radius 3 is 2.72 bits per heavy atom. The van der Waals surface area contributed by atoms with Crippen LogP contribution in [0.5, 0.6) is 0 Å². The van der Waals surface area contributed by atoms with E-state index in [2.05, 4.69) is 5.10 Å². The summed E-state index contributed by atoms with van der Waals surface area (Å²) in [5.74, 6) is 0. The maximum Gasteiger partial charge on any atom is 0.246 e. The van der Waals surface area contributed by atoms with Crippen LogP contribution < -0.4 is 0 Å². The molecule has 0 unspecified atom stereocenters. The molecule has 0 aliphatic carbocycles. The van der Waals surface area contributed by atoms with Crippen LogP contribution in [0.15, 0.2) is 17.3 Å². The van der Waals surface area contributed by atoms with E-state index < -0.39 is 10.0 Å². The lowest BCUT2D eigenvalue weighted by Gasteiger charge is -2.18. The molecule has 1 heterocycles. The number of aliphatic hydroxyl groups is 1. The first-order chi connectivity index (χ1) is 8.56. The molecule has 0 atom stereocenters. The Morgan fingerprint density at radius 1 is 1.44 bits per heavy atom. The molecule has 0 radical (unpaired) electrons. The van der Waals surface area contributed by atoms with E-state index in [1.807, 2.05) is 13.8 Å². The molecule has 0 spiro atoms. The summed E-state index contributed by atoms with van der Waals surface area (Å²) in [6.07, 6.45) is 4.23. The average Bonchev–Trinajstić information content (AvgIpc) is 2.82. The fourth-order valence-electron chi connectivity index (χ4n) is 1.68. The molecule has 1 N–H and O–H groups in total. The lowest BCUT2D eigenvalue weighted by molar-refractivity contribution is 0.277. The molecule has 1 aromatic heterocycles. The van der Waals surface area contributed by atoms with Crippen LogP contribution in [0.2, 0.25) is 0 Å². The predicted molar refractivity (Wildman–Crippen MR) is 68.7 cm³/mol. The maximum absolute atomic E-state index is 12.3. The van der Waals surface area contributed by atoms with Gasteiger partial charge in [-0.3, -0.25) is 4.68 Å². The quantitative estimate of drug-likeness (QED) is 0.757. The molecule has 0 bridgehead atoms. The molecule has 1 rings (SSSR count). The largest absolute Gasteiger partial charge is 0.396 e. The van der Waals surface area contributed by atoms with Gasteiger partial charge in [0.2, 0.25) is 10.0 Å². The number of rotatable bonds is 8. The summed E-state index contributed by atoms with van der Waals surface area (Å²) in [7, 11) is -3.43. The maximum atomic E-state index is 12.3. The van der Waals surface area contributed by atoms with Crippen molar-refractivity contribution in [3.05, 3.63) is 12.4 Å². The zero-order valence-corrected chi connectivity index (χ0v) is 11.7. The standard InChI is InChI=1S/C11H21N3O3S/c1-3-6-14(4-2)18(16,17)11-9-12-13(10-11)7-5-8-15/h9-10,15H,3-8H2,1-2H3. The second kappa shape index (κ2) is 6.86. The first-order valence-electron chi connectivity index (χ1n) is 6.19. The van der Waals surface area contributed by atoms with Crippen LogP contribution in [0.4, 0.5) is 0 Å². The van der Waals surface area contributed by atoms with E-state index >= 15 is 0 Å². The Kier molecular flexibility index (Phi) is 5.77. The van der Waals surface area contributed by atoms with Crippen LogP contribution in [0, 0.1) is 0 Å². The van der Waals surface area contributed by atoms with Gasteiger partial charge in [0.15, 0.2) is 0 Å². The van der Waals surface area contributed by atoms with E-state index in [1.54, 1.807) is 4.68 Å². The first-order valence-corrected chi connectivity index (χ1v) is 7.63. The van der Waals surface area contributed by atoms with Crippen molar-refractivity contribution in [2.24, 2.45) is 0 Å². The molecule has 7 heteroatoms. The van der Waals surface area contributed by atoms with Crippen molar-refractivity contribution in [1.82, 2.24) is 14.1 Å². The number of hydrogen-bond acceptors (Lipinski definition) is 4. The number of hydrogen-bond donors (Lipinski definition) is 1. The molecule has 18 heavy (non-hydrogen) atoms. The SMILES string of the molecule is CCCN(CC)S(=O)(=O)c1cnn(CCCO)c1. The Bertz CT molecular complexity index is 456. The molecule has 6 nitrogen and oxygen atoms in total. The molecular weight excluding hydrogens is 254 g/mol. The third-order valence-electron chi connectivity index (χ3n) is 2.62. The molecule has 0 amide bonds. The van der Waals surface area contributed by atoms with E-state index in [1.165, 1.54) is 16.7 Å². The van der Waals surface area contributed by atoms with Crippen molar-refractivity contribution < 1.29 is 13.5 Å². The molecule has 0 fully saturated rings. The molecule has 0 saturated heterocycles. The van der Waals surface area contributed by atoms with Crippen molar-refractivity contribution in [2.75, 3.05) is 19.7 Å². The minimum absolute atomic E-state index is 0.0683. The van der Waals surface area contributed by atoms with Gasteiger partial charge in [0.1, 0.15) is 4.90 Å². The number of nitrogens with zero attached hydrogens (tertiary/aromatic N) is 3. The highest BCUT2D eigenvalue weighted by atomic mass is 32.2. The van der Waals surface area contributed by atoms with Crippen molar-refractivity contribution >= 4 is 10.0 Å². The van der Waals surface area contributed by atoms with Gasteiger partial charge in [0, 0.05) is 32.4 Å². The number of aliphatic hydroxyl groups excluding tert-OH is 1. The Labute approximate surface area is 108 Å². The Balaban J connectivity index is 2.87. The molecule has 0 aliphatic heterocycles. The highest BCUT2D eigenvalue weighted by Crippen LogP contribution is 2.15. The van der Waals surface area contributed by atoms with Crippen LogP contribution in [0.25, 0.3) is 0 Å². The van der Waals surface area contributed by atoms with Crippen molar-refractivity contribution in [2.45, 2.75) is 38.1 Å². The summed E-state index contributed by atoms with van der Waals surface area (Å²) < 4.78 is 27.5. The third kappa shape index (κ3) is 3.54. The van der Waals surface area contributed by atoms with Gasteiger partial charge in [0.25, 0.3) is 0 Å². The summed E-state index contributed by atoms with van der Waals surface area (Å²) in [6, 6.07) is 0. The van der Waals surface area contributed by atoms with E-state index in [0.717, 1.165) is 6.42 Å². The summed E-state index contributed by atoms with van der Waals surface area (Å²) in [5, 5.41) is 12.7. The summed E-state index contributed by atoms with van der Waals surface area (Å²) in [5.41, 5.74) is 0. The zero-order chi connectivity index (χ0) is 13.6. The predicted octanol–water partition coefficient (Wildman–Crippen LogP) is 0.686. The number of sulfonamides is 1. The average molecular weight is 275 g/mol. The molecule has 0 saturated carbocycles. The second-order valence-electron chi connectivity index (χ2n) is 4.01. The highest BCUT2D eigenvalue weighted by molar-refractivity contribution is 7.89. The van der Waals surface area contributed by atoms with Crippen molar-refractivity contribution in [3.63, 3.8) is 0 Å². The monoisotopic (exact) mass is 275 g/mol. The molecule has 104 valence electrons. The van der Waals surface area contributed by atoms with Gasteiger partial charge in [-0.2, -0.15) is 9.40 Å². The van der Waals surface area contributed by atoms with Gasteiger partial charge < -0.3 is 5.11 Å². The van der Waals surface area contributed by atoms with E-state index in [9.17, 15) is 8.42 Å². The normalized spacial score (nSPS) is 12.2. The number of aryl methyl sites for hydroxylation is 1. The van der Waals surface area contributed by atoms with E-state index in [4.69, 9.17) is 5.11 Å². The molecule has 0 aromatic carbocycles. The fraction of sp³-hybridized carbons (Fsp3) is 0.727. The Morgan fingerprint density at radius 2 is 2.17 bits per heavy atom. The smallest absolute Gasteiger partial charge is 0.246 e. The van der Waals surface area contributed by atoms with Crippen LogP contribution in [-0.2, 0) is 16.6 Å². The van der Waals surface area contributed by atoms with E-state index in [-0.39, 0.29) is 11.5 Å². The van der Waals surface area contributed by atoms with Crippen LogP contribution >= 0.6 is 0 Å². The topological polar surface area (TPSA) is 75.4 Å². The van der Waals surface area contributed by atoms with Crippen LogP contribution in [-0.4, -0.2) is 47.3 Å². The fourth-order valence-corrected chi connectivity index (χ4v) is 3.18. The molecule has 1 aromatic rings. The molecular formula is C11H21N3O3S. The minimum atomic E-state index is -3.43. The van der Waals surface area contributed by atoms with Gasteiger partial charge in [0.05, 0.1) is 6.20 Å². The second-order valence-corrected chi connectivity index (χ2v) is 5.95. The third-order valence-corrected chi connectivity index (χ3v) is 4.55. The van der Waals surface area contributed by atoms with Crippen molar-refractivity contribution in [3.8, 4) is 0 Å². The van der Waals surface area contributed by atoms with Gasteiger partial charge in [-0.25, -0.2) is 8.42 Å². The summed E-state index contributed by atoms with van der Waals surface area (Å²) >= 11 is 0. The molecule has 0 aliphatic rings. The first kappa shape index (κ1) is 15.1. The zero-order valence-electron chi connectivity index (χ0n) is 10.9. The number of aromatic nitrogens is 2. The highest BCUT2D eigenvalue weighted by Gasteiger charge is 2.23. The summed E-state index contributed by atoms with van der Waals surface area (Å²) in [6.45, 7) is 5.33. The van der Waals surface area contributed by atoms with Crippen molar-refractivity contribution in [1.29, 1.82) is 0 Å². The van der Waals surface area contributed by atoms with Gasteiger partial charge in [-0.05, 0) is 12.8 Å². The van der Waals surface area contributed by atoms with Gasteiger partial charge in [-0.1, -0.05) is 13.8 Å². The van der Waals surface area contributed by atoms with E-state index in [0.29, 0.717) is 26.1 Å². The summed E-state index contributed by atoms with van der Waals surface area (Å²) in [4.78, 5) is 0.218. The minimum Gasteiger partial charge on any atom is -0.396 e. The van der Waals surface area contributed by atoms with Crippen LogP contribution in [0.1, 0.15) is 26.7 Å². The Hall–Kier alpha value is -0.920.